The average Bonchev–Trinajstić information content (AvgIpc) is 2.76. The first-order chi connectivity index (χ1) is 15.7. The molecular weight excluding hydrogens is 427 g/mol. The maximum absolute atomic E-state index is 14.3. The normalized spacial score (nSPS) is 17.3. The van der Waals surface area contributed by atoms with Crippen LogP contribution in [0.2, 0.25) is 0 Å². The second-order valence-corrected chi connectivity index (χ2v) is 9.17. The molecule has 2 heterocycles. The van der Waals surface area contributed by atoms with Crippen LogP contribution >= 0.6 is 0 Å². The number of benzene rings is 1. The number of rotatable bonds is 7. The van der Waals surface area contributed by atoms with Crippen LogP contribution in [0.25, 0.3) is 0 Å². The van der Waals surface area contributed by atoms with Gasteiger partial charge in [-0.3, -0.25) is 14.5 Å². The smallest absolute Gasteiger partial charge is 0.251 e. The predicted molar refractivity (Wildman–Crippen MR) is 123 cm³/mol. The Morgan fingerprint density at radius 2 is 2.00 bits per heavy atom. The molecule has 3 N–H and O–H groups in total. The summed E-state index contributed by atoms with van der Waals surface area (Å²) in [6.07, 6.45) is 6.24. The molecule has 1 aliphatic carbocycles. The summed E-state index contributed by atoms with van der Waals surface area (Å²) >= 11 is 0. The van der Waals surface area contributed by atoms with Gasteiger partial charge in [-0.2, -0.15) is 4.98 Å². The van der Waals surface area contributed by atoms with Gasteiger partial charge in [0.05, 0.1) is 30.7 Å². The van der Waals surface area contributed by atoms with Gasteiger partial charge in [0, 0.05) is 31.2 Å². The molecule has 1 aromatic heterocycles. The minimum Gasteiger partial charge on any atom is -0.380 e. The van der Waals surface area contributed by atoms with Gasteiger partial charge in [0.2, 0.25) is 12.4 Å². The van der Waals surface area contributed by atoms with Crippen molar-refractivity contribution in [1.82, 2.24) is 9.97 Å². The summed E-state index contributed by atoms with van der Waals surface area (Å²) < 4.78 is 19.7. The molecule has 10 heteroatoms. The van der Waals surface area contributed by atoms with E-state index in [2.05, 4.69) is 15.3 Å². The second kappa shape index (κ2) is 8.93. The summed E-state index contributed by atoms with van der Waals surface area (Å²) in [7, 11) is 3.73. The number of hydrogen-bond acceptors (Lipinski definition) is 7. The van der Waals surface area contributed by atoms with Crippen molar-refractivity contribution >= 4 is 35.5 Å². The van der Waals surface area contributed by atoms with Crippen molar-refractivity contribution < 1.29 is 18.7 Å². The van der Waals surface area contributed by atoms with Crippen molar-refractivity contribution in [3.63, 3.8) is 0 Å². The van der Waals surface area contributed by atoms with E-state index >= 15 is 0 Å². The molecule has 2 aliphatic rings. The maximum Gasteiger partial charge on any atom is 0.251 e. The molecule has 2 fully saturated rings. The van der Waals surface area contributed by atoms with Gasteiger partial charge in [0.25, 0.3) is 5.91 Å². The Balaban J connectivity index is 1.62. The molecule has 1 aromatic carbocycles. The summed E-state index contributed by atoms with van der Waals surface area (Å²) in [5.74, 6) is -0.853. The minimum atomic E-state index is -0.833. The van der Waals surface area contributed by atoms with Gasteiger partial charge in [0.1, 0.15) is 5.82 Å². The van der Waals surface area contributed by atoms with Crippen molar-refractivity contribution in [1.29, 1.82) is 0 Å². The highest BCUT2D eigenvalue weighted by molar-refractivity contribution is 5.94. The Labute approximate surface area is 192 Å². The van der Waals surface area contributed by atoms with Gasteiger partial charge >= 0.3 is 0 Å². The van der Waals surface area contributed by atoms with E-state index in [4.69, 9.17) is 10.5 Å². The molecular formula is C23H29FN6O3. The van der Waals surface area contributed by atoms with Crippen molar-refractivity contribution in [3.8, 4) is 0 Å². The van der Waals surface area contributed by atoms with Crippen LogP contribution in [0.5, 0.6) is 0 Å². The summed E-state index contributed by atoms with van der Waals surface area (Å²) in [6.45, 7) is 3.33. The largest absolute Gasteiger partial charge is 0.380 e. The van der Waals surface area contributed by atoms with E-state index < -0.39 is 11.7 Å². The van der Waals surface area contributed by atoms with Crippen molar-refractivity contribution in [2.24, 2.45) is 11.1 Å². The van der Waals surface area contributed by atoms with E-state index in [-0.39, 0.29) is 23.0 Å². The lowest BCUT2D eigenvalue weighted by Gasteiger charge is -2.47. The third-order valence-electron chi connectivity index (χ3n) is 6.64. The number of aromatic nitrogens is 2. The van der Waals surface area contributed by atoms with Gasteiger partial charge in [-0.25, -0.2) is 9.37 Å². The number of anilines is 4. The number of hydrogen-bond donors (Lipinski definition) is 2. The first-order valence-electron chi connectivity index (χ1n) is 11.0. The number of nitrogens with one attached hydrogen (secondary N) is 1. The number of nitrogens with zero attached hydrogens (tertiary/aromatic N) is 4. The predicted octanol–water partition coefficient (Wildman–Crippen LogP) is 2.75. The molecule has 1 saturated heterocycles. The number of amides is 2. The Morgan fingerprint density at radius 1 is 1.30 bits per heavy atom. The van der Waals surface area contributed by atoms with Crippen molar-refractivity contribution in [3.05, 3.63) is 35.3 Å². The molecule has 0 bridgehead atoms. The highest BCUT2D eigenvalue weighted by atomic mass is 19.1. The molecule has 0 radical (unpaired) electrons. The van der Waals surface area contributed by atoms with Crippen LogP contribution in [-0.2, 0) is 9.53 Å². The topological polar surface area (TPSA) is 114 Å². The van der Waals surface area contributed by atoms with Crippen molar-refractivity contribution in [2.45, 2.75) is 38.6 Å². The van der Waals surface area contributed by atoms with Crippen LogP contribution in [-0.4, -0.2) is 55.6 Å². The summed E-state index contributed by atoms with van der Waals surface area (Å²) in [6, 6.07) is 2.61. The van der Waals surface area contributed by atoms with E-state index in [9.17, 15) is 14.0 Å². The first kappa shape index (κ1) is 22.9. The minimum absolute atomic E-state index is 0.0317. The van der Waals surface area contributed by atoms with Crippen molar-refractivity contribution in [2.75, 3.05) is 42.4 Å². The molecule has 2 aromatic rings. The zero-order chi connectivity index (χ0) is 23.8. The monoisotopic (exact) mass is 456 g/mol. The van der Waals surface area contributed by atoms with Gasteiger partial charge in [-0.1, -0.05) is 0 Å². The standard InChI is InChI=1S/C23H29FN6O3/c1-14-8-16(20(25)32)17(24)9-18(14)27-22-26-10-19(29(2)3)21(28-22)30(13-31)15-4-6-23(7-5-15)11-33-12-23/h8-10,13,15H,4-7,11-12H2,1-3H3,(H2,25,32)(H,26,27,28). The number of aryl methyl sites for hydroxylation is 1. The molecule has 9 nitrogen and oxygen atoms in total. The number of nitrogens with two attached hydrogens (primary N) is 1. The summed E-state index contributed by atoms with van der Waals surface area (Å²) in [5.41, 5.74) is 7.03. The van der Waals surface area contributed by atoms with E-state index in [0.29, 0.717) is 22.8 Å². The van der Waals surface area contributed by atoms with Crippen LogP contribution in [0, 0.1) is 18.2 Å². The number of ether oxygens (including phenoxy) is 1. The lowest BCUT2D eigenvalue weighted by atomic mass is 9.71. The van der Waals surface area contributed by atoms with Crippen LogP contribution < -0.4 is 20.9 Å². The highest BCUT2D eigenvalue weighted by Gasteiger charge is 2.43. The van der Waals surface area contributed by atoms with Crippen LogP contribution in [0.1, 0.15) is 41.6 Å². The zero-order valence-electron chi connectivity index (χ0n) is 19.1. The third-order valence-corrected chi connectivity index (χ3v) is 6.64. The van der Waals surface area contributed by atoms with E-state index in [1.807, 2.05) is 19.0 Å². The van der Waals surface area contributed by atoms with Crippen LogP contribution in [0.4, 0.5) is 27.5 Å². The maximum atomic E-state index is 14.3. The average molecular weight is 457 g/mol. The fourth-order valence-corrected chi connectivity index (χ4v) is 4.54. The SMILES string of the molecule is Cc1cc(C(N)=O)c(F)cc1Nc1ncc(N(C)C)c(N(C=O)C2CCC3(CC2)COC3)n1. The summed E-state index contributed by atoms with van der Waals surface area (Å²) in [5, 5.41) is 3.01. The third kappa shape index (κ3) is 4.47. The molecule has 176 valence electrons. The van der Waals surface area contributed by atoms with E-state index in [0.717, 1.165) is 45.3 Å². The lowest BCUT2D eigenvalue weighted by molar-refractivity contribution is -0.133. The Bertz CT molecular complexity index is 1060. The molecule has 0 atom stereocenters. The van der Waals surface area contributed by atoms with Crippen LogP contribution in [0.3, 0.4) is 0 Å². The molecule has 33 heavy (non-hydrogen) atoms. The molecule has 1 aliphatic heterocycles. The molecule has 4 rings (SSSR count). The van der Waals surface area contributed by atoms with Gasteiger partial charge in [-0.15, -0.1) is 0 Å². The highest BCUT2D eigenvalue weighted by Crippen LogP contribution is 2.44. The number of halogens is 1. The van der Waals surface area contributed by atoms with Crippen LogP contribution in [0.15, 0.2) is 18.3 Å². The molecule has 1 saturated carbocycles. The van der Waals surface area contributed by atoms with Gasteiger partial charge in [-0.05, 0) is 50.3 Å². The summed E-state index contributed by atoms with van der Waals surface area (Å²) in [4.78, 5) is 36.1. The number of carbonyl (C=O) groups excluding carboxylic acids is 2. The molecule has 2 amide bonds. The fourth-order valence-electron chi connectivity index (χ4n) is 4.54. The second-order valence-electron chi connectivity index (χ2n) is 9.17. The Hall–Kier alpha value is -3.27. The number of carbonyl (C=O) groups is 2. The first-order valence-corrected chi connectivity index (χ1v) is 11.0. The Morgan fingerprint density at radius 3 is 2.55 bits per heavy atom. The van der Waals surface area contributed by atoms with Gasteiger partial charge < -0.3 is 20.7 Å². The number of primary amides is 1. The fraction of sp³-hybridized carbons (Fsp3) is 0.478. The van der Waals surface area contributed by atoms with E-state index in [1.54, 1.807) is 18.0 Å². The zero-order valence-corrected chi connectivity index (χ0v) is 19.1. The molecule has 1 spiro atoms. The Kier molecular flexibility index (Phi) is 6.20. The molecule has 0 unspecified atom stereocenters. The lowest BCUT2D eigenvalue weighted by Crippen LogP contribution is -2.49. The quantitative estimate of drug-likeness (QED) is 0.616. The van der Waals surface area contributed by atoms with Gasteiger partial charge in [0.15, 0.2) is 5.82 Å². The van der Waals surface area contributed by atoms with E-state index in [1.165, 1.54) is 12.1 Å².